The van der Waals surface area contributed by atoms with Gasteiger partial charge in [0.25, 0.3) is 5.56 Å². The number of halogens is 1. The Kier molecular flexibility index (Phi) is 17.7. The second kappa shape index (κ2) is 19.6. The van der Waals surface area contributed by atoms with Crippen molar-refractivity contribution in [2.45, 2.75) is 123 Å². The van der Waals surface area contributed by atoms with E-state index in [0.29, 0.717) is 19.6 Å². The summed E-state index contributed by atoms with van der Waals surface area (Å²) in [6.07, 6.45) is 17.2. The van der Waals surface area contributed by atoms with Crippen LogP contribution in [0.5, 0.6) is 5.88 Å². The highest BCUT2D eigenvalue weighted by atomic mass is 31.2. The first-order chi connectivity index (χ1) is 17.7. The molecule has 0 saturated heterocycles. The molecule has 9 nitrogen and oxygen atoms in total. The van der Waals surface area contributed by atoms with Gasteiger partial charge in [0.15, 0.2) is 6.35 Å². The van der Waals surface area contributed by atoms with Crippen molar-refractivity contribution in [1.82, 2.24) is 9.13 Å². The van der Waals surface area contributed by atoms with Crippen LogP contribution in [0.25, 0.3) is 0 Å². The van der Waals surface area contributed by atoms with Crippen molar-refractivity contribution in [1.29, 1.82) is 0 Å². The number of rotatable bonds is 23. The van der Waals surface area contributed by atoms with Crippen LogP contribution in [-0.2, 0) is 22.4 Å². The Labute approximate surface area is 220 Å². The summed E-state index contributed by atoms with van der Waals surface area (Å²) < 4.78 is 37.7. The monoisotopic (exact) mass is 550 g/mol. The molecule has 0 unspecified atom stereocenters. The molecule has 0 atom stereocenters. The molecule has 1 heterocycles. The summed E-state index contributed by atoms with van der Waals surface area (Å²) in [5.41, 5.74) is -1.97. The van der Waals surface area contributed by atoms with E-state index in [0.717, 1.165) is 22.0 Å². The van der Waals surface area contributed by atoms with Gasteiger partial charge in [0, 0.05) is 26.3 Å². The Hall–Kier alpha value is -1.48. The molecule has 0 aliphatic rings. The summed E-state index contributed by atoms with van der Waals surface area (Å²) in [6.45, 7) is 4.65. The molecule has 0 spiro atoms. The van der Waals surface area contributed by atoms with E-state index in [1.165, 1.54) is 84.0 Å². The Morgan fingerprint density at radius 2 is 1.24 bits per heavy atom. The molecular formula is C26H48FN2O7P. The maximum Gasteiger partial charge on any atom is 0.362 e. The first-order valence-electron chi connectivity index (χ1n) is 14.0. The molecule has 0 aliphatic heterocycles. The third-order valence-corrected chi connectivity index (χ3v) is 6.79. The predicted octanol–water partition coefficient (Wildman–Crippen LogP) is 5.57. The number of ether oxygens (including phenoxy) is 2. The molecule has 0 fully saturated rings. The average molecular weight is 551 g/mol. The van der Waals surface area contributed by atoms with Crippen LogP contribution >= 0.6 is 7.60 Å². The fourth-order valence-corrected chi connectivity index (χ4v) is 4.53. The summed E-state index contributed by atoms with van der Waals surface area (Å²) in [5, 5.41) is 0. The van der Waals surface area contributed by atoms with Gasteiger partial charge in [-0.1, -0.05) is 90.4 Å². The van der Waals surface area contributed by atoms with E-state index in [9.17, 15) is 18.5 Å². The first kappa shape index (κ1) is 33.5. The molecule has 0 radical (unpaired) electrons. The van der Waals surface area contributed by atoms with Gasteiger partial charge < -0.3 is 19.3 Å². The van der Waals surface area contributed by atoms with Gasteiger partial charge in [-0.2, -0.15) is 4.39 Å². The summed E-state index contributed by atoms with van der Waals surface area (Å²) in [5.74, 6) is -2.10. The lowest BCUT2D eigenvalue weighted by molar-refractivity contribution is 0.123. The molecule has 1 rings (SSSR count). The van der Waals surface area contributed by atoms with Crippen LogP contribution < -0.4 is 16.0 Å². The summed E-state index contributed by atoms with van der Waals surface area (Å²) in [7, 11) is -4.62. The quantitative estimate of drug-likeness (QED) is 0.135. The normalized spacial score (nSPS) is 11.8. The first-order valence-corrected chi connectivity index (χ1v) is 15.8. The summed E-state index contributed by atoms with van der Waals surface area (Å²) >= 11 is 0. The number of unbranched alkanes of at least 4 members (excludes halogenated alkanes) is 13. The third kappa shape index (κ3) is 14.3. The predicted molar refractivity (Wildman–Crippen MR) is 144 cm³/mol. The highest BCUT2D eigenvalue weighted by Crippen LogP contribution is 2.34. The standard InChI is InChI=1S/C26H48FN2O7P/c1-3-5-6-7-8-9-10-11-12-13-14-15-16-17-20-35-21-18-19-29-25(36-22-37(32,33)34)23(27)24(30)28(4-2)26(29)31/h3-22H2,1-2H3,(H2,32,33,34). The lowest BCUT2D eigenvalue weighted by atomic mass is 10.0. The van der Waals surface area contributed by atoms with E-state index >= 15 is 0 Å². The molecule has 0 aliphatic carbocycles. The minimum atomic E-state index is -4.62. The highest BCUT2D eigenvalue weighted by Gasteiger charge is 2.23. The molecule has 1 aromatic heterocycles. The van der Waals surface area contributed by atoms with Crippen molar-refractivity contribution >= 4 is 7.60 Å². The van der Waals surface area contributed by atoms with E-state index in [2.05, 4.69) is 6.92 Å². The highest BCUT2D eigenvalue weighted by molar-refractivity contribution is 7.51. The Morgan fingerprint density at radius 3 is 1.73 bits per heavy atom. The van der Waals surface area contributed by atoms with E-state index in [4.69, 9.17) is 19.3 Å². The Bertz CT molecular complexity index is 913. The van der Waals surface area contributed by atoms with Crippen LogP contribution in [0.2, 0.25) is 0 Å². The summed E-state index contributed by atoms with van der Waals surface area (Å²) in [6, 6.07) is 0. The minimum absolute atomic E-state index is 0.00867. The van der Waals surface area contributed by atoms with Gasteiger partial charge >= 0.3 is 13.3 Å². The van der Waals surface area contributed by atoms with E-state index < -0.39 is 36.9 Å². The molecule has 0 aromatic carbocycles. The lowest BCUT2D eigenvalue weighted by Gasteiger charge is -2.16. The van der Waals surface area contributed by atoms with Crippen molar-refractivity contribution in [3.63, 3.8) is 0 Å². The largest absolute Gasteiger partial charge is 0.464 e. The molecule has 11 heteroatoms. The molecule has 0 saturated carbocycles. The van der Waals surface area contributed by atoms with Gasteiger partial charge in [-0.25, -0.2) is 4.79 Å². The lowest BCUT2D eigenvalue weighted by Crippen LogP contribution is -2.42. The molecule has 37 heavy (non-hydrogen) atoms. The second-order valence-electron chi connectivity index (χ2n) is 9.60. The second-order valence-corrected chi connectivity index (χ2v) is 11.2. The minimum Gasteiger partial charge on any atom is -0.464 e. The van der Waals surface area contributed by atoms with E-state index in [1.807, 2.05) is 0 Å². The smallest absolute Gasteiger partial charge is 0.362 e. The van der Waals surface area contributed by atoms with E-state index in [1.54, 1.807) is 0 Å². The maximum atomic E-state index is 14.5. The van der Waals surface area contributed by atoms with E-state index in [-0.39, 0.29) is 13.1 Å². The molecule has 216 valence electrons. The van der Waals surface area contributed by atoms with Gasteiger partial charge in [-0.05, 0) is 19.8 Å². The van der Waals surface area contributed by atoms with Crippen molar-refractivity contribution in [2.24, 2.45) is 0 Å². The topological polar surface area (TPSA) is 120 Å². The Balaban J connectivity index is 2.23. The van der Waals surface area contributed by atoms with Gasteiger partial charge in [0.05, 0.1) is 0 Å². The number of aromatic nitrogens is 2. The van der Waals surface area contributed by atoms with Crippen molar-refractivity contribution in [3.05, 3.63) is 26.7 Å². The average Bonchev–Trinajstić information content (AvgIpc) is 2.85. The fourth-order valence-electron chi connectivity index (χ4n) is 4.24. The zero-order valence-electron chi connectivity index (χ0n) is 22.8. The Morgan fingerprint density at radius 1 is 0.757 bits per heavy atom. The molecule has 0 bridgehead atoms. The van der Waals surface area contributed by atoms with Crippen LogP contribution in [-0.4, -0.2) is 38.5 Å². The zero-order chi connectivity index (χ0) is 27.5. The fraction of sp³-hybridized carbons (Fsp3) is 0.846. The van der Waals surface area contributed by atoms with Crippen LogP contribution in [0.4, 0.5) is 4.39 Å². The molecular weight excluding hydrogens is 502 g/mol. The molecule has 0 amide bonds. The van der Waals surface area contributed by atoms with Crippen LogP contribution in [0, 0.1) is 5.82 Å². The number of hydrogen-bond acceptors (Lipinski definition) is 5. The third-order valence-electron chi connectivity index (χ3n) is 6.33. The maximum absolute atomic E-state index is 14.5. The van der Waals surface area contributed by atoms with Crippen molar-refractivity contribution in [2.75, 3.05) is 19.6 Å². The van der Waals surface area contributed by atoms with Crippen LogP contribution in [0.15, 0.2) is 9.59 Å². The van der Waals surface area contributed by atoms with Gasteiger partial charge in [-0.3, -0.25) is 18.5 Å². The van der Waals surface area contributed by atoms with Crippen molar-refractivity contribution in [3.8, 4) is 5.88 Å². The van der Waals surface area contributed by atoms with Gasteiger partial charge in [-0.15, -0.1) is 0 Å². The van der Waals surface area contributed by atoms with Gasteiger partial charge in [0.1, 0.15) is 0 Å². The van der Waals surface area contributed by atoms with Crippen LogP contribution in [0.1, 0.15) is 110 Å². The summed E-state index contributed by atoms with van der Waals surface area (Å²) in [4.78, 5) is 42.6. The number of nitrogens with zero attached hydrogens (tertiary/aromatic N) is 2. The van der Waals surface area contributed by atoms with Gasteiger partial charge in [0.2, 0.25) is 11.7 Å². The number of hydrogen-bond donors (Lipinski definition) is 2. The molecule has 2 N–H and O–H groups in total. The zero-order valence-corrected chi connectivity index (χ0v) is 23.7. The van der Waals surface area contributed by atoms with Crippen molar-refractivity contribution < 1.29 is 28.2 Å². The molecule has 1 aromatic rings. The van der Waals surface area contributed by atoms with Crippen LogP contribution in [0.3, 0.4) is 0 Å². The SMILES string of the molecule is CCCCCCCCCCCCCCCCOCCCn1c(OCP(=O)(O)O)c(F)c(=O)n(CC)c1=O.